The van der Waals surface area contributed by atoms with Crippen LogP contribution in [0.3, 0.4) is 0 Å². The third-order valence-corrected chi connectivity index (χ3v) is 8.84. The molecule has 0 radical (unpaired) electrons. The van der Waals surface area contributed by atoms with Crippen molar-refractivity contribution in [1.29, 1.82) is 0 Å². The van der Waals surface area contributed by atoms with Crippen LogP contribution in [0.2, 0.25) is 0 Å². The minimum atomic E-state index is -2.78. The van der Waals surface area contributed by atoms with Gasteiger partial charge in [-0.1, -0.05) is 96.6 Å². The molecule has 4 heteroatoms. The summed E-state index contributed by atoms with van der Waals surface area (Å²) in [5, 5.41) is 11.6. The highest BCUT2D eigenvalue weighted by Gasteiger charge is 2.21. The maximum Gasteiger partial charge on any atom is 0.149 e. The highest BCUT2D eigenvalue weighted by atomic mass is 16.3. The first kappa shape index (κ1) is 24.0. The lowest BCUT2D eigenvalue weighted by atomic mass is 9.93. The van der Waals surface area contributed by atoms with Gasteiger partial charge in [-0.2, -0.15) is 0 Å². The van der Waals surface area contributed by atoms with E-state index in [2.05, 4.69) is 67.6 Å². The number of hydrogen-bond acceptors (Lipinski definition) is 3. The van der Waals surface area contributed by atoms with E-state index in [0.717, 1.165) is 50.7 Å². The van der Waals surface area contributed by atoms with E-state index in [-0.39, 0.29) is 17.0 Å². The number of fused-ring (bicyclic) bond motifs is 1. The molecule has 2 heterocycles. The van der Waals surface area contributed by atoms with Gasteiger partial charge in [0, 0.05) is 31.2 Å². The van der Waals surface area contributed by atoms with E-state index in [4.69, 9.17) is 18.2 Å². The van der Waals surface area contributed by atoms with Gasteiger partial charge in [-0.3, -0.25) is 9.55 Å². The Morgan fingerprint density at radius 1 is 0.571 bits per heavy atom. The van der Waals surface area contributed by atoms with Gasteiger partial charge in [-0.25, -0.2) is 4.98 Å². The summed E-state index contributed by atoms with van der Waals surface area (Å²) in [4.78, 5) is 9.94. The highest BCUT2D eigenvalue weighted by Crippen LogP contribution is 2.40. The number of para-hydroxylation sites is 2. The minimum absolute atomic E-state index is 0.00148. The number of nitrogens with zero attached hydrogens (tertiary/aromatic N) is 3. The molecule has 0 amide bonds. The third kappa shape index (κ3) is 5.68. The summed E-state index contributed by atoms with van der Waals surface area (Å²) in [6, 6.07) is 46.5. The van der Waals surface area contributed by atoms with Crippen LogP contribution in [-0.2, 0) is 0 Å². The monoisotopic (exact) mass is 639 g/mol. The van der Waals surface area contributed by atoms with E-state index >= 15 is 0 Å². The maximum atomic E-state index is 11.6. The van der Waals surface area contributed by atoms with Gasteiger partial charge in [0.2, 0.25) is 0 Å². The number of aromatic hydroxyl groups is 1. The normalized spacial score (nSPS) is 13.6. The first-order valence-corrected chi connectivity index (χ1v) is 16.0. The molecule has 0 saturated heterocycles. The molecule has 8 aromatic rings. The van der Waals surface area contributed by atoms with Crippen molar-refractivity contribution in [2.45, 2.75) is 20.6 Å². The van der Waals surface area contributed by atoms with Crippen LogP contribution in [-0.4, -0.2) is 19.6 Å². The Balaban J connectivity index is 1.39. The van der Waals surface area contributed by atoms with E-state index < -0.39 is 25.0 Å². The standard InChI is InChI=1S/C45H35N3O/c1-29-17-19-33(20-18-29)34-21-22-46-41(28-34)37-26-35(32-11-6-4-7-12-32)25-36(27-37)39-15-10-16-42-43(39)47-45(48(42)38-13-8-5-9-14-38)40-24-30(2)23-31(3)44(40)49/h4-28,49H,1-3H3/i2D3,3D3. The molecule has 4 nitrogen and oxygen atoms in total. The number of rotatable bonds is 6. The molecule has 49 heavy (non-hydrogen) atoms. The summed E-state index contributed by atoms with van der Waals surface area (Å²) in [7, 11) is 0. The van der Waals surface area contributed by atoms with Gasteiger partial charge in [0.1, 0.15) is 11.6 Å². The summed E-state index contributed by atoms with van der Waals surface area (Å²) >= 11 is 0. The number of benzene rings is 6. The van der Waals surface area contributed by atoms with Crippen LogP contribution in [0.15, 0.2) is 152 Å². The quantitative estimate of drug-likeness (QED) is 0.197. The second-order valence-electron chi connectivity index (χ2n) is 12.2. The Morgan fingerprint density at radius 2 is 1.31 bits per heavy atom. The minimum Gasteiger partial charge on any atom is -0.507 e. The second kappa shape index (κ2) is 12.4. The predicted molar refractivity (Wildman–Crippen MR) is 202 cm³/mol. The molecule has 0 saturated carbocycles. The van der Waals surface area contributed by atoms with Crippen molar-refractivity contribution in [2.24, 2.45) is 0 Å². The van der Waals surface area contributed by atoms with Crippen LogP contribution < -0.4 is 0 Å². The Bertz CT molecular complexity index is 2680. The van der Waals surface area contributed by atoms with Gasteiger partial charge in [-0.15, -0.1) is 0 Å². The lowest BCUT2D eigenvalue weighted by molar-refractivity contribution is 0.472. The fourth-order valence-electron chi connectivity index (χ4n) is 6.40. The van der Waals surface area contributed by atoms with Gasteiger partial charge >= 0.3 is 0 Å². The number of imidazole rings is 1. The Hall–Kier alpha value is -6.26. The van der Waals surface area contributed by atoms with Crippen LogP contribution in [0.4, 0.5) is 0 Å². The summed E-state index contributed by atoms with van der Waals surface area (Å²) in [6.07, 6.45) is 1.82. The van der Waals surface area contributed by atoms with E-state index in [0.29, 0.717) is 16.7 Å². The second-order valence-corrected chi connectivity index (χ2v) is 12.2. The molecule has 0 unspecified atom stereocenters. The fourth-order valence-corrected chi connectivity index (χ4v) is 6.40. The van der Waals surface area contributed by atoms with Gasteiger partial charge < -0.3 is 5.11 Å². The van der Waals surface area contributed by atoms with Crippen molar-refractivity contribution < 1.29 is 13.3 Å². The van der Waals surface area contributed by atoms with Gasteiger partial charge in [0.25, 0.3) is 0 Å². The smallest absolute Gasteiger partial charge is 0.149 e. The first-order valence-electron chi connectivity index (χ1n) is 19.0. The van der Waals surface area contributed by atoms with E-state index in [1.54, 1.807) is 0 Å². The molecule has 2 aromatic heterocycles. The van der Waals surface area contributed by atoms with Gasteiger partial charge in [0.15, 0.2) is 0 Å². The largest absolute Gasteiger partial charge is 0.507 e. The molecular weight excluding hydrogens is 599 g/mol. The summed E-state index contributed by atoms with van der Waals surface area (Å²) in [6.45, 7) is -3.36. The van der Waals surface area contributed by atoms with Gasteiger partial charge in [-0.05, 0) is 114 Å². The molecule has 0 bridgehead atoms. The molecule has 0 aliphatic carbocycles. The maximum absolute atomic E-state index is 11.6. The molecule has 1 N–H and O–H groups in total. The predicted octanol–water partition coefficient (Wildman–Crippen LogP) is 11.4. The summed E-state index contributed by atoms with van der Waals surface area (Å²) < 4.78 is 50.8. The summed E-state index contributed by atoms with van der Waals surface area (Å²) in [5.74, 6) is -0.343. The Labute approximate surface area is 295 Å². The lowest BCUT2D eigenvalue weighted by Gasteiger charge is -2.13. The van der Waals surface area contributed by atoms with Gasteiger partial charge in [0.05, 0.1) is 22.3 Å². The van der Waals surface area contributed by atoms with Crippen LogP contribution in [0.5, 0.6) is 5.75 Å². The first-order chi connectivity index (χ1) is 26.3. The van der Waals surface area contributed by atoms with E-state index in [9.17, 15) is 5.11 Å². The van der Waals surface area contributed by atoms with Crippen molar-refractivity contribution >= 4 is 11.0 Å². The Morgan fingerprint density at radius 3 is 2.08 bits per heavy atom. The van der Waals surface area contributed by atoms with Crippen LogP contribution in [0, 0.1) is 20.6 Å². The molecule has 8 rings (SSSR count). The topological polar surface area (TPSA) is 50.9 Å². The van der Waals surface area contributed by atoms with E-state index in [1.165, 1.54) is 11.6 Å². The van der Waals surface area contributed by atoms with Crippen molar-refractivity contribution in [3.63, 3.8) is 0 Å². The van der Waals surface area contributed by atoms with E-state index in [1.807, 2.05) is 83.6 Å². The molecule has 6 aromatic carbocycles. The zero-order chi connectivity index (χ0) is 38.5. The number of aryl methyl sites for hydroxylation is 3. The lowest BCUT2D eigenvalue weighted by Crippen LogP contribution is -1.98. The highest BCUT2D eigenvalue weighted by molar-refractivity contribution is 5.97. The molecule has 0 aliphatic rings. The zero-order valence-corrected chi connectivity index (χ0v) is 26.7. The molecule has 0 atom stereocenters. The average Bonchev–Trinajstić information content (AvgIpc) is 3.57. The number of hydrogen-bond donors (Lipinski definition) is 1. The molecular formula is C45H35N3O. The number of phenolic OH excluding ortho intramolecular Hbond substituents is 1. The van der Waals surface area contributed by atoms with Crippen molar-refractivity contribution in [2.75, 3.05) is 0 Å². The number of pyridine rings is 1. The third-order valence-electron chi connectivity index (χ3n) is 8.84. The summed E-state index contributed by atoms with van der Waals surface area (Å²) in [5.41, 5.74) is 9.93. The van der Waals surface area contributed by atoms with Crippen molar-refractivity contribution in [3.8, 4) is 67.5 Å². The number of aromatic nitrogens is 3. The molecule has 0 aliphatic heterocycles. The van der Waals surface area contributed by atoms with Crippen molar-refractivity contribution in [1.82, 2.24) is 14.5 Å². The molecule has 236 valence electrons. The number of phenols is 1. The van der Waals surface area contributed by atoms with Crippen LogP contribution in [0.25, 0.3) is 72.7 Å². The van der Waals surface area contributed by atoms with Crippen LogP contribution >= 0.6 is 0 Å². The average molecular weight is 640 g/mol. The van der Waals surface area contributed by atoms with Crippen molar-refractivity contribution in [3.05, 3.63) is 168 Å². The Kier molecular flexibility index (Phi) is 6.07. The molecule has 0 spiro atoms. The molecule has 0 fully saturated rings. The van der Waals surface area contributed by atoms with Crippen LogP contribution in [0.1, 0.15) is 24.9 Å². The fraction of sp³-hybridized carbons (Fsp3) is 0.0667. The zero-order valence-electron chi connectivity index (χ0n) is 32.7. The SMILES string of the molecule is [2H]C([2H])([2H])c1cc(-c2nc3c(-c4cc(-c5ccccc5)cc(-c5cc(-c6ccc(C)cc6)ccn5)c4)cccc3n2-c2ccccc2)c(O)c(C([2H])([2H])[2H])c1.